The molecular weight excluding hydrogens is 294 g/mol. The van der Waals surface area contributed by atoms with Crippen LogP contribution in [0.3, 0.4) is 0 Å². The molecule has 23 heavy (non-hydrogen) atoms. The van der Waals surface area contributed by atoms with Gasteiger partial charge in [-0.1, -0.05) is 18.2 Å². The summed E-state index contributed by atoms with van der Waals surface area (Å²) in [6, 6.07) is 14.0. The van der Waals surface area contributed by atoms with Crippen LogP contribution in [0.2, 0.25) is 0 Å². The van der Waals surface area contributed by atoms with Gasteiger partial charge in [-0.15, -0.1) is 10.2 Å². The number of aromatic nitrogens is 2. The standard InChI is InChI=1S/C17H13N3O3/c1-12-4-2-3-5-15(12)17-19-18-16(23-17)11-8-13-6-9-14(10-7-13)20(21)22/h2-11H,1H3/b11-8+. The van der Waals surface area contributed by atoms with Gasteiger partial charge in [-0.05, 0) is 42.3 Å². The van der Waals surface area contributed by atoms with Crippen LogP contribution in [0.15, 0.2) is 52.9 Å². The van der Waals surface area contributed by atoms with E-state index >= 15 is 0 Å². The molecule has 0 radical (unpaired) electrons. The average Bonchev–Trinajstić information content (AvgIpc) is 3.02. The molecule has 0 aliphatic heterocycles. The van der Waals surface area contributed by atoms with E-state index in [0.29, 0.717) is 11.8 Å². The van der Waals surface area contributed by atoms with E-state index in [4.69, 9.17) is 4.42 Å². The van der Waals surface area contributed by atoms with Gasteiger partial charge in [0.2, 0.25) is 11.8 Å². The summed E-state index contributed by atoms with van der Waals surface area (Å²) in [6.07, 6.45) is 3.44. The molecule has 0 atom stereocenters. The lowest BCUT2D eigenvalue weighted by Gasteiger charge is -1.98. The van der Waals surface area contributed by atoms with Crippen molar-refractivity contribution in [1.82, 2.24) is 10.2 Å². The molecule has 3 aromatic rings. The molecule has 6 heteroatoms. The molecule has 0 amide bonds. The molecule has 0 bridgehead atoms. The van der Waals surface area contributed by atoms with E-state index in [-0.39, 0.29) is 5.69 Å². The van der Waals surface area contributed by atoms with Crippen LogP contribution in [0, 0.1) is 17.0 Å². The van der Waals surface area contributed by atoms with E-state index in [1.165, 1.54) is 12.1 Å². The largest absolute Gasteiger partial charge is 0.417 e. The van der Waals surface area contributed by atoms with Gasteiger partial charge in [0.05, 0.1) is 4.92 Å². The van der Waals surface area contributed by atoms with Gasteiger partial charge in [-0.2, -0.15) is 0 Å². The fraction of sp³-hybridized carbons (Fsp3) is 0.0588. The molecule has 1 heterocycles. The minimum absolute atomic E-state index is 0.0572. The highest BCUT2D eigenvalue weighted by molar-refractivity contribution is 5.67. The molecule has 0 spiro atoms. The highest BCUT2D eigenvalue weighted by Gasteiger charge is 2.08. The molecule has 1 aromatic heterocycles. The Balaban J connectivity index is 1.79. The van der Waals surface area contributed by atoms with Crippen molar-refractivity contribution in [1.29, 1.82) is 0 Å². The fourth-order valence-electron chi connectivity index (χ4n) is 2.10. The van der Waals surface area contributed by atoms with Crippen LogP contribution in [-0.2, 0) is 0 Å². The highest BCUT2D eigenvalue weighted by Crippen LogP contribution is 2.22. The topological polar surface area (TPSA) is 82.1 Å². The van der Waals surface area contributed by atoms with Crippen molar-refractivity contribution < 1.29 is 9.34 Å². The minimum Gasteiger partial charge on any atom is -0.417 e. The average molecular weight is 307 g/mol. The minimum atomic E-state index is -0.431. The van der Waals surface area contributed by atoms with Crippen LogP contribution < -0.4 is 0 Å². The van der Waals surface area contributed by atoms with E-state index in [1.54, 1.807) is 24.3 Å². The van der Waals surface area contributed by atoms with E-state index in [1.807, 2.05) is 31.2 Å². The third-order valence-corrected chi connectivity index (χ3v) is 3.34. The monoisotopic (exact) mass is 307 g/mol. The van der Waals surface area contributed by atoms with Crippen molar-refractivity contribution in [3.63, 3.8) is 0 Å². The molecule has 0 saturated carbocycles. The summed E-state index contributed by atoms with van der Waals surface area (Å²) in [6.45, 7) is 1.98. The predicted molar refractivity (Wildman–Crippen MR) is 86.5 cm³/mol. The number of nitro groups is 1. The lowest BCUT2D eigenvalue weighted by Crippen LogP contribution is -1.86. The van der Waals surface area contributed by atoms with Gasteiger partial charge >= 0.3 is 0 Å². The summed E-state index contributed by atoms with van der Waals surface area (Å²) >= 11 is 0. The molecule has 114 valence electrons. The first-order valence-electron chi connectivity index (χ1n) is 6.95. The van der Waals surface area contributed by atoms with Gasteiger partial charge in [0.15, 0.2) is 0 Å². The number of nitro benzene ring substituents is 1. The van der Waals surface area contributed by atoms with Crippen molar-refractivity contribution in [2.24, 2.45) is 0 Å². The maximum atomic E-state index is 10.6. The summed E-state index contributed by atoms with van der Waals surface area (Å²) in [5.41, 5.74) is 2.82. The number of aryl methyl sites for hydroxylation is 1. The third kappa shape index (κ3) is 3.32. The van der Waals surface area contributed by atoms with Gasteiger partial charge in [0.25, 0.3) is 5.69 Å². The van der Waals surface area contributed by atoms with E-state index in [0.717, 1.165) is 16.7 Å². The fourth-order valence-corrected chi connectivity index (χ4v) is 2.10. The molecule has 0 aliphatic rings. The zero-order valence-electron chi connectivity index (χ0n) is 12.3. The maximum absolute atomic E-state index is 10.6. The summed E-state index contributed by atoms with van der Waals surface area (Å²) < 4.78 is 5.62. The van der Waals surface area contributed by atoms with Crippen LogP contribution in [0.1, 0.15) is 17.0 Å². The maximum Gasteiger partial charge on any atom is 0.269 e. The number of non-ortho nitro benzene ring substituents is 1. The van der Waals surface area contributed by atoms with Crippen molar-refractivity contribution in [3.8, 4) is 11.5 Å². The lowest BCUT2D eigenvalue weighted by molar-refractivity contribution is -0.384. The number of hydrogen-bond acceptors (Lipinski definition) is 5. The lowest BCUT2D eigenvalue weighted by atomic mass is 10.1. The highest BCUT2D eigenvalue weighted by atomic mass is 16.6. The van der Waals surface area contributed by atoms with E-state index in [2.05, 4.69) is 10.2 Å². The second kappa shape index (κ2) is 6.23. The Morgan fingerprint density at radius 1 is 1.04 bits per heavy atom. The van der Waals surface area contributed by atoms with Crippen LogP contribution in [0.4, 0.5) is 5.69 Å². The molecule has 3 rings (SSSR count). The Hall–Kier alpha value is -3.28. The summed E-state index contributed by atoms with van der Waals surface area (Å²) in [4.78, 5) is 10.2. The van der Waals surface area contributed by atoms with Crippen LogP contribution >= 0.6 is 0 Å². The van der Waals surface area contributed by atoms with Gasteiger partial charge in [-0.25, -0.2) is 0 Å². The molecule has 2 aromatic carbocycles. The first kappa shape index (κ1) is 14.6. The number of benzene rings is 2. The van der Waals surface area contributed by atoms with Gasteiger partial charge in [0, 0.05) is 23.8 Å². The Morgan fingerprint density at radius 2 is 1.78 bits per heavy atom. The van der Waals surface area contributed by atoms with Gasteiger partial charge in [-0.3, -0.25) is 10.1 Å². The molecule has 0 aliphatic carbocycles. The Kier molecular flexibility index (Phi) is 3.97. The van der Waals surface area contributed by atoms with Crippen molar-refractivity contribution in [2.75, 3.05) is 0 Å². The third-order valence-electron chi connectivity index (χ3n) is 3.34. The molecule has 6 nitrogen and oxygen atoms in total. The number of rotatable bonds is 4. The van der Waals surface area contributed by atoms with E-state index < -0.39 is 4.92 Å². The van der Waals surface area contributed by atoms with Crippen LogP contribution in [-0.4, -0.2) is 15.1 Å². The Labute approximate surface area is 132 Å². The smallest absolute Gasteiger partial charge is 0.269 e. The Morgan fingerprint density at radius 3 is 2.48 bits per heavy atom. The SMILES string of the molecule is Cc1ccccc1-c1nnc(/C=C/c2ccc([N+](=O)[O-])cc2)o1. The second-order valence-corrected chi connectivity index (χ2v) is 4.94. The van der Waals surface area contributed by atoms with E-state index in [9.17, 15) is 10.1 Å². The van der Waals surface area contributed by atoms with Crippen LogP contribution in [0.5, 0.6) is 0 Å². The molecule has 0 fully saturated rings. The molecule has 0 unspecified atom stereocenters. The summed E-state index contributed by atoms with van der Waals surface area (Å²) in [5.74, 6) is 0.841. The van der Waals surface area contributed by atoms with Crippen molar-refractivity contribution in [2.45, 2.75) is 6.92 Å². The summed E-state index contributed by atoms with van der Waals surface area (Å²) in [7, 11) is 0. The van der Waals surface area contributed by atoms with Gasteiger partial charge in [0.1, 0.15) is 0 Å². The first-order chi connectivity index (χ1) is 11.1. The molecular formula is C17H13N3O3. The molecule has 0 N–H and O–H groups in total. The van der Waals surface area contributed by atoms with Crippen molar-refractivity contribution in [3.05, 3.63) is 75.7 Å². The predicted octanol–water partition coefficient (Wildman–Crippen LogP) is 4.12. The van der Waals surface area contributed by atoms with Gasteiger partial charge < -0.3 is 4.42 Å². The van der Waals surface area contributed by atoms with Crippen molar-refractivity contribution >= 4 is 17.8 Å². The number of nitrogens with zero attached hydrogens (tertiary/aromatic N) is 3. The zero-order valence-corrected chi connectivity index (χ0v) is 12.3. The first-order valence-corrected chi connectivity index (χ1v) is 6.95. The normalized spacial score (nSPS) is 11.0. The Bertz CT molecular complexity index is 867. The quantitative estimate of drug-likeness (QED) is 0.535. The second-order valence-electron chi connectivity index (χ2n) is 4.94. The van der Waals surface area contributed by atoms with Crippen LogP contribution in [0.25, 0.3) is 23.6 Å². The summed E-state index contributed by atoms with van der Waals surface area (Å²) in [5, 5.41) is 18.6. The zero-order chi connectivity index (χ0) is 16.2. The number of hydrogen-bond donors (Lipinski definition) is 0. The molecule has 0 saturated heterocycles.